The van der Waals surface area contributed by atoms with Gasteiger partial charge in [-0.1, -0.05) is 44.6 Å². The van der Waals surface area contributed by atoms with E-state index < -0.39 is 0 Å². The number of anilines is 1. The summed E-state index contributed by atoms with van der Waals surface area (Å²) in [5, 5.41) is 3.40. The monoisotopic (exact) mass is 246 g/mol. The van der Waals surface area contributed by atoms with Crippen LogP contribution in [0.15, 0.2) is 29.8 Å². The van der Waals surface area contributed by atoms with Crippen LogP contribution in [0.4, 0.5) is 5.69 Å². The molecule has 1 rings (SSSR count). The van der Waals surface area contributed by atoms with Gasteiger partial charge in [-0.05, 0) is 30.2 Å². The quantitative estimate of drug-likeness (QED) is 0.827. The Labute approximate surface area is 112 Å². The Bertz CT molecular complexity index is 375. The van der Waals surface area contributed by atoms with Crippen LogP contribution >= 0.6 is 0 Å². The minimum Gasteiger partial charge on any atom is -0.378 e. The molecule has 0 radical (unpaired) electrons. The van der Waals surface area contributed by atoms with E-state index in [0.717, 1.165) is 13.1 Å². The number of nitrogens with one attached hydrogen (secondary N) is 1. The molecule has 0 spiro atoms. The summed E-state index contributed by atoms with van der Waals surface area (Å²) in [6.07, 6.45) is 2.30. The summed E-state index contributed by atoms with van der Waals surface area (Å²) < 4.78 is 0. The van der Waals surface area contributed by atoms with Crippen LogP contribution in [0.5, 0.6) is 0 Å². The van der Waals surface area contributed by atoms with E-state index in [-0.39, 0.29) is 0 Å². The van der Waals surface area contributed by atoms with Crippen LogP contribution in [0, 0.1) is 5.92 Å². The maximum absolute atomic E-state index is 3.40. The standard InChI is InChI=1S/C16H26N2/c1-6-17-12-15(13(2)3)11-14-7-9-16(10-8-14)18(4)5/h7-11,13,17H,6,12H2,1-5H3. The highest BCUT2D eigenvalue weighted by Crippen LogP contribution is 2.17. The second-order valence-electron chi connectivity index (χ2n) is 5.14. The smallest absolute Gasteiger partial charge is 0.0361 e. The van der Waals surface area contributed by atoms with Crippen molar-refractivity contribution in [3.63, 3.8) is 0 Å². The molecule has 1 aromatic rings. The van der Waals surface area contributed by atoms with Crippen molar-refractivity contribution in [1.29, 1.82) is 0 Å². The van der Waals surface area contributed by atoms with Gasteiger partial charge >= 0.3 is 0 Å². The molecular weight excluding hydrogens is 220 g/mol. The van der Waals surface area contributed by atoms with Gasteiger partial charge in [-0.3, -0.25) is 0 Å². The fourth-order valence-electron chi connectivity index (χ4n) is 1.77. The molecule has 0 amide bonds. The normalized spacial score (nSPS) is 12.0. The lowest BCUT2D eigenvalue weighted by Crippen LogP contribution is -2.18. The maximum atomic E-state index is 3.40. The zero-order chi connectivity index (χ0) is 13.5. The van der Waals surface area contributed by atoms with Crippen LogP contribution < -0.4 is 10.2 Å². The van der Waals surface area contributed by atoms with E-state index in [1.165, 1.54) is 16.8 Å². The molecule has 0 bridgehead atoms. The van der Waals surface area contributed by atoms with Crippen LogP contribution in [0.3, 0.4) is 0 Å². The van der Waals surface area contributed by atoms with Gasteiger partial charge in [0.1, 0.15) is 0 Å². The average Bonchev–Trinajstić information content (AvgIpc) is 2.34. The first-order chi connectivity index (χ1) is 8.54. The Hall–Kier alpha value is -1.28. The van der Waals surface area contributed by atoms with Gasteiger partial charge in [-0.25, -0.2) is 0 Å². The molecule has 0 unspecified atom stereocenters. The van der Waals surface area contributed by atoms with Gasteiger partial charge in [-0.15, -0.1) is 0 Å². The highest BCUT2D eigenvalue weighted by Gasteiger charge is 2.03. The summed E-state index contributed by atoms with van der Waals surface area (Å²) in [5.41, 5.74) is 3.97. The summed E-state index contributed by atoms with van der Waals surface area (Å²) in [7, 11) is 4.13. The van der Waals surface area contributed by atoms with Gasteiger partial charge in [0, 0.05) is 26.3 Å². The molecule has 100 valence electrons. The van der Waals surface area contributed by atoms with Crippen molar-refractivity contribution in [3.05, 3.63) is 35.4 Å². The molecule has 2 nitrogen and oxygen atoms in total. The summed E-state index contributed by atoms with van der Waals surface area (Å²) in [5.74, 6) is 0.581. The Morgan fingerprint density at radius 1 is 1.22 bits per heavy atom. The van der Waals surface area contributed by atoms with E-state index in [0.29, 0.717) is 5.92 Å². The fourth-order valence-corrected chi connectivity index (χ4v) is 1.77. The molecule has 0 aliphatic carbocycles. The third-order valence-electron chi connectivity index (χ3n) is 3.08. The molecule has 0 atom stereocenters. The zero-order valence-electron chi connectivity index (χ0n) is 12.3. The molecule has 0 saturated carbocycles. The van der Waals surface area contributed by atoms with E-state index in [2.05, 4.69) is 75.4 Å². The first kappa shape index (κ1) is 14.8. The second kappa shape index (κ2) is 7.22. The number of benzene rings is 1. The van der Waals surface area contributed by atoms with Crippen molar-refractivity contribution in [2.45, 2.75) is 20.8 Å². The third-order valence-corrected chi connectivity index (χ3v) is 3.08. The minimum atomic E-state index is 0.581. The summed E-state index contributed by atoms with van der Waals surface area (Å²) in [4.78, 5) is 2.12. The zero-order valence-corrected chi connectivity index (χ0v) is 12.3. The van der Waals surface area contributed by atoms with Crippen molar-refractivity contribution in [1.82, 2.24) is 5.32 Å². The Balaban J connectivity index is 2.83. The van der Waals surface area contributed by atoms with Crippen LogP contribution in [-0.4, -0.2) is 27.2 Å². The summed E-state index contributed by atoms with van der Waals surface area (Å²) in [6.45, 7) is 8.63. The van der Waals surface area contributed by atoms with Crippen LogP contribution in [0.2, 0.25) is 0 Å². The van der Waals surface area contributed by atoms with E-state index in [4.69, 9.17) is 0 Å². The predicted octanol–water partition coefficient (Wildman–Crippen LogP) is 3.40. The molecular formula is C16H26N2. The van der Waals surface area contributed by atoms with Crippen molar-refractivity contribution >= 4 is 11.8 Å². The van der Waals surface area contributed by atoms with Gasteiger partial charge < -0.3 is 10.2 Å². The van der Waals surface area contributed by atoms with Crippen molar-refractivity contribution in [2.75, 3.05) is 32.1 Å². The highest BCUT2D eigenvalue weighted by atomic mass is 15.1. The molecule has 18 heavy (non-hydrogen) atoms. The minimum absolute atomic E-state index is 0.581. The molecule has 0 aliphatic rings. The van der Waals surface area contributed by atoms with E-state index in [1.807, 2.05) is 0 Å². The highest BCUT2D eigenvalue weighted by molar-refractivity contribution is 5.58. The third kappa shape index (κ3) is 4.53. The number of hydrogen-bond donors (Lipinski definition) is 1. The van der Waals surface area contributed by atoms with E-state index >= 15 is 0 Å². The fraction of sp³-hybridized carbons (Fsp3) is 0.500. The first-order valence-corrected chi connectivity index (χ1v) is 6.73. The lowest BCUT2D eigenvalue weighted by atomic mass is 10.00. The molecule has 0 saturated heterocycles. The number of hydrogen-bond acceptors (Lipinski definition) is 2. The second-order valence-corrected chi connectivity index (χ2v) is 5.14. The van der Waals surface area contributed by atoms with E-state index in [1.54, 1.807) is 0 Å². The van der Waals surface area contributed by atoms with Gasteiger partial charge in [-0.2, -0.15) is 0 Å². The lowest BCUT2D eigenvalue weighted by molar-refractivity contribution is 0.682. The SMILES string of the molecule is CCNCC(=Cc1ccc(N(C)C)cc1)C(C)C. The van der Waals surface area contributed by atoms with Gasteiger partial charge in [0.25, 0.3) is 0 Å². The molecule has 2 heteroatoms. The van der Waals surface area contributed by atoms with E-state index in [9.17, 15) is 0 Å². The summed E-state index contributed by atoms with van der Waals surface area (Å²) >= 11 is 0. The topological polar surface area (TPSA) is 15.3 Å². The van der Waals surface area contributed by atoms with Gasteiger partial charge in [0.15, 0.2) is 0 Å². The maximum Gasteiger partial charge on any atom is 0.0361 e. The number of likely N-dealkylation sites (N-methyl/N-ethyl adjacent to an activating group) is 1. The lowest BCUT2D eigenvalue weighted by Gasteiger charge is -2.14. The summed E-state index contributed by atoms with van der Waals surface area (Å²) in [6, 6.07) is 8.70. The first-order valence-electron chi connectivity index (χ1n) is 6.73. The van der Waals surface area contributed by atoms with Gasteiger partial charge in [0.05, 0.1) is 0 Å². The number of rotatable bonds is 6. The molecule has 0 aliphatic heterocycles. The number of nitrogens with zero attached hydrogens (tertiary/aromatic N) is 1. The van der Waals surface area contributed by atoms with Gasteiger partial charge in [0.2, 0.25) is 0 Å². The molecule has 0 heterocycles. The Morgan fingerprint density at radius 2 is 1.83 bits per heavy atom. The van der Waals surface area contributed by atoms with Crippen molar-refractivity contribution in [3.8, 4) is 0 Å². The molecule has 1 N–H and O–H groups in total. The molecule has 0 fully saturated rings. The van der Waals surface area contributed by atoms with Crippen molar-refractivity contribution in [2.24, 2.45) is 5.92 Å². The molecule has 1 aromatic carbocycles. The van der Waals surface area contributed by atoms with Crippen molar-refractivity contribution < 1.29 is 0 Å². The average molecular weight is 246 g/mol. The Kier molecular flexibility index (Phi) is 5.93. The largest absolute Gasteiger partial charge is 0.378 e. The predicted molar refractivity (Wildman–Crippen MR) is 82.1 cm³/mol. The van der Waals surface area contributed by atoms with Crippen LogP contribution in [0.25, 0.3) is 6.08 Å². The van der Waals surface area contributed by atoms with Crippen LogP contribution in [0.1, 0.15) is 26.3 Å². The van der Waals surface area contributed by atoms with Crippen LogP contribution in [-0.2, 0) is 0 Å². The Morgan fingerprint density at radius 3 is 2.28 bits per heavy atom. The molecule has 0 aromatic heterocycles.